The number of amides is 1. The van der Waals surface area contributed by atoms with E-state index in [1.165, 1.54) is 7.11 Å². The molecule has 3 nitrogen and oxygen atoms in total. The zero-order valence-electron chi connectivity index (χ0n) is 10.1. The van der Waals surface area contributed by atoms with Gasteiger partial charge in [-0.2, -0.15) is 0 Å². The molecule has 2 aromatic rings. The number of hydrogen-bond donors (Lipinski definition) is 1. The third-order valence-electron chi connectivity index (χ3n) is 2.51. The molecule has 2 aromatic carbocycles. The number of methoxy groups -OCH3 is 1. The van der Waals surface area contributed by atoms with Gasteiger partial charge in [0.1, 0.15) is 5.75 Å². The second-order valence-corrected chi connectivity index (χ2v) is 5.49. The summed E-state index contributed by atoms with van der Waals surface area (Å²) in [7, 11) is 1.52. The summed E-state index contributed by atoms with van der Waals surface area (Å²) in [5.74, 6) is 0.243. The summed E-state index contributed by atoms with van der Waals surface area (Å²) in [6.45, 7) is 0. The quantitative estimate of drug-likeness (QED) is 0.802. The van der Waals surface area contributed by atoms with Gasteiger partial charge in [-0.1, -0.05) is 11.6 Å². The summed E-state index contributed by atoms with van der Waals surface area (Å²) >= 11 is 8.11. The summed E-state index contributed by atoms with van der Waals surface area (Å²) in [5, 5.41) is 3.30. The predicted octanol–water partition coefficient (Wildman–Crippen LogP) is 4.21. The molecule has 0 fully saturated rings. The van der Waals surface area contributed by atoms with Crippen molar-refractivity contribution in [1.29, 1.82) is 0 Å². The van der Waals surface area contributed by atoms with Crippen molar-refractivity contribution >= 4 is 45.8 Å². The molecular formula is C14H11ClINO2. The first-order chi connectivity index (χ1) is 9.10. The molecule has 0 aliphatic heterocycles. The molecule has 0 radical (unpaired) electrons. The van der Waals surface area contributed by atoms with Crippen molar-refractivity contribution in [1.82, 2.24) is 0 Å². The molecule has 1 N–H and O–H groups in total. The van der Waals surface area contributed by atoms with Gasteiger partial charge in [0.25, 0.3) is 5.91 Å². The predicted molar refractivity (Wildman–Crippen MR) is 85.1 cm³/mol. The minimum Gasteiger partial charge on any atom is -0.496 e. The van der Waals surface area contributed by atoms with Crippen LogP contribution in [0.15, 0.2) is 42.5 Å². The SMILES string of the molecule is COc1ccc(Cl)cc1C(=O)Nc1ccc(I)cc1. The summed E-state index contributed by atoms with van der Waals surface area (Å²) < 4.78 is 6.26. The molecule has 0 spiro atoms. The highest BCUT2D eigenvalue weighted by atomic mass is 127. The number of rotatable bonds is 3. The largest absolute Gasteiger partial charge is 0.496 e. The fourth-order valence-electron chi connectivity index (χ4n) is 1.59. The molecule has 0 aliphatic carbocycles. The number of nitrogens with one attached hydrogen (secondary N) is 1. The van der Waals surface area contributed by atoms with Crippen LogP contribution in [-0.4, -0.2) is 13.0 Å². The van der Waals surface area contributed by atoms with Crippen LogP contribution in [0, 0.1) is 3.57 Å². The molecule has 0 heterocycles. The van der Waals surface area contributed by atoms with Gasteiger partial charge in [-0.25, -0.2) is 0 Å². The summed E-state index contributed by atoms with van der Waals surface area (Å²) in [4.78, 5) is 12.2. The van der Waals surface area contributed by atoms with Crippen LogP contribution in [0.1, 0.15) is 10.4 Å². The second kappa shape index (κ2) is 6.25. The Morgan fingerprint density at radius 3 is 2.53 bits per heavy atom. The monoisotopic (exact) mass is 387 g/mol. The molecular weight excluding hydrogens is 377 g/mol. The van der Waals surface area contributed by atoms with Crippen molar-refractivity contribution in [3.63, 3.8) is 0 Å². The average Bonchev–Trinajstić information content (AvgIpc) is 2.41. The number of hydrogen-bond acceptors (Lipinski definition) is 2. The van der Waals surface area contributed by atoms with Crippen LogP contribution in [-0.2, 0) is 0 Å². The van der Waals surface area contributed by atoms with E-state index >= 15 is 0 Å². The fraction of sp³-hybridized carbons (Fsp3) is 0.0714. The highest BCUT2D eigenvalue weighted by Gasteiger charge is 2.13. The van der Waals surface area contributed by atoms with E-state index in [-0.39, 0.29) is 5.91 Å². The maximum Gasteiger partial charge on any atom is 0.259 e. The van der Waals surface area contributed by atoms with E-state index < -0.39 is 0 Å². The lowest BCUT2D eigenvalue weighted by Crippen LogP contribution is -2.13. The minimum atomic E-state index is -0.249. The molecule has 0 saturated heterocycles. The number of anilines is 1. The summed E-state index contributed by atoms with van der Waals surface area (Å²) in [5.41, 5.74) is 1.14. The van der Waals surface area contributed by atoms with E-state index in [4.69, 9.17) is 16.3 Å². The van der Waals surface area contributed by atoms with Crippen LogP contribution in [0.3, 0.4) is 0 Å². The normalized spacial score (nSPS) is 10.1. The summed E-state index contributed by atoms with van der Waals surface area (Å²) in [6, 6.07) is 12.5. The molecule has 5 heteroatoms. The maximum absolute atomic E-state index is 12.2. The topological polar surface area (TPSA) is 38.3 Å². The molecule has 0 aromatic heterocycles. The van der Waals surface area contributed by atoms with Gasteiger partial charge in [0.2, 0.25) is 0 Å². The Morgan fingerprint density at radius 2 is 1.89 bits per heavy atom. The Morgan fingerprint density at radius 1 is 1.21 bits per heavy atom. The molecule has 2 rings (SSSR count). The Hall–Kier alpha value is -1.27. The van der Waals surface area contributed by atoms with Gasteiger partial charge in [-0.15, -0.1) is 0 Å². The standard InChI is InChI=1S/C14H11ClINO2/c1-19-13-7-2-9(15)8-12(13)14(18)17-11-5-3-10(16)4-6-11/h2-8H,1H3,(H,17,18). The van der Waals surface area contributed by atoms with E-state index in [9.17, 15) is 4.79 Å². The zero-order valence-corrected chi connectivity index (χ0v) is 13.0. The number of ether oxygens (including phenoxy) is 1. The van der Waals surface area contributed by atoms with Crippen LogP contribution in [0.5, 0.6) is 5.75 Å². The van der Waals surface area contributed by atoms with Gasteiger partial charge in [0.05, 0.1) is 12.7 Å². The van der Waals surface area contributed by atoms with Crippen LogP contribution in [0.2, 0.25) is 5.02 Å². The maximum atomic E-state index is 12.2. The Kier molecular flexibility index (Phi) is 4.66. The second-order valence-electron chi connectivity index (χ2n) is 3.81. The van der Waals surface area contributed by atoms with E-state index in [2.05, 4.69) is 27.9 Å². The average molecular weight is 388 g/mol. The fourth-order valence-corrected chi connectivity index (χ4v) is 2.12. The van der Waals surface area contributed by atoms with Crippen LogP contribution < -0.4 is 10.1 Å². The third kappa shape index (κ3) is 3.61. The molecule has 98 valence electrons. The van der Waals surface area contributed by atoms with Gasteiger partial charge in [-0.3, -0.25) is 4.79 Å². The highest BCUT2D eigenvalue weighted by molar-refractivity contribution is 14.1. The molecule has 0 saturated carbocycles. The molecule has 0 atom stereocenters. The van der Waals surface area contributed by atoms with Crippen molar-refractivity contribution < 1.29 is 9.53 Å². The Balaban J connectivity index is 2.24. The van der Waals surface area contributed by atoms with Gasteiger partial charge < -0.3 is 10.1 Å². The first kappa shape index (κ1) is 14.1. The van der Waals surface area contributed by atoms with Crippen LogP contribution in [0.25, 0.3) is 0 Å². The smallest absolute Gasteiger partial charge is 0.259 e. The number of carbonyl (C=O) groups excluding carboxylic acids is 1. The van der Waals surface area contributed by atoms with Crippen molar-refractivity contribution in [3.8, 4) is 5.75 Å². The zero-order chi connectivity index (χ0) is 13.8. The molecule has 0 aliphatic rings. The van der Waals surface area contributed by atoms with E-state index in [1.807, 2.05) is 24.3 Å². The van der Waals surface area contributed by atoms with Crippen molar-refractivity contribution in [3.05, 3.63) is 56.6 Å². The van der Waals surface area contributed by atoms with Crippen molar-refractivity contribution in [2.24, 2.45) is 0 Å². The molecule has 0 bridgehead atoms. The minimum absolute atomic E-state index is 0.249. The van der Waals surface area contributed by atoms with E-state index in [1.54, 1.807) is 18.2 Å². The van der Waals surface area contributed by atoms with Crippen molar-refractivity contribution in [2.45, 2.75) is 0 Å². The van der Waals surface area contributed by atoms with Gasteiger partial charge >= 0.3 is 0 Å². The number of halogens is 2. The molecule has 1 amide bonds. The third-order valence-corrected chi connectivity index (χ3v) is 3.46. The lowest BCUT2D eigenvalue weighted by atomic mass is 10.2. The van der Waals surface area contributed by atoms with E-state index in [0.29, 0.717) is 16.3 Å². The lowest BCUT2D eigenvalue weighted by Gasteiger charge is -2.09. The lowest BCUT2D eigenvalue weighted by molar-refractivity contribution is 0.102. The number of benzene rings is 2. The van der Waals surface area contributed by atoms with Gasteiger partial charge in [0.15, 0.2) is 0 Å². The molecule has 0 unspecified atom stereocenters. The van der Waals surface area contributed by atoms with Crippen LogP contribution in [0.4, 0.5) is 5.69 Å². The Bertz CT molecular complexity index is 599. The first-order valence-corrected chi connectivity index (χ1v) is 6.96. The van der Waals surface area contributed by atoms with E-state index in [0.717, 1.165) is 9.26 Å². The van der Waals surface area contributed by atoms with Gasteiger partial charge in [0, 0.05) is 14.3 Å². The summed E-state index contributed by atoms with van der Waals surface area (Å²) in [6.07, 6.45) is 0. The van der Waals surface area contributed by atoms with Crippen molar-refractivity contribution in [2.75, 3.05) is 12.4 Å². The molecule has 19 heavy (non-hydrogen) atoms. The Labute approximate surface area is 130 Å². The van der Waals surface area contributed by atoms with Gasteiger partial charge in [-0.05, 0) is 65.1 Å². The van der Waals surface area contributed by atoms with Crippen LogP contribution >= 0.6 is 34.2 Å². The highest BCUT2D eigenvalue weighted by Crippen LogP contribution is 2.23. The first-order valence-electron chi connectivity index (χ1n) is 5.50. The number of carbonyl (C=O) groups is 1.